The van der Waals surface area contributed by atoms with Crippen molar-refractivity contribution in [2.45, 2.75) is 32.3 Å². The smallest absolute Gasteiger partial charge is 0.321 e. The van der Waals surface area contributed by atoms with Gasteiger partial charge in [0.15, 0.2) is 0 Å². The van der Waals surface area contributed by atoms with Crippen molar-refractivity contribution in [2.75, 3.05) is 0 Å². The van der Waals surface area contributed by atoms with Gasteiger partial charge in [-0.15, -0.1) is 0 Å². The third kappa shape index (κ3) is 5.10. The molecule has 3 nitrogen and oxygen atoms in total. The largest absolute Gasteiger partial charge is 0.459 e. The van der Waals surface area contributed by atoms with Crippen molar-refractivity contribution in [3.63, 3.8) is 0 Å². The summed E-state index contributed by atoms with van der Waals surface area (Å²) in [7, 11) is 5.94. The molecular weight excluding hydrogens is 285 g/mol. The Balaban J connectivity index is 2.36. The number of carbonyl (C=O) groups excluding carboxylic acids is 1. The van der Waals surface area contributed by atoms with Crippen LogP contribution in [0.2, 0.25) is 0 Å². The lowest BCUT2D eigenvalue weighted by atomic mass is 9.95. The van der Waals surface area contributed by atoms with E-state index in [1.54, 1.807) is 20.8 Å². The summed E-state index contributed by atoms with van der Waals surface area (Å²) in [5.41, 5.74) is 1.88. The number of nitrogens with zero attached hydrogens (tertiary/aromatic N) is 1. The molecule has 0 heterocycles. The van der Waals surface area contributed by atoms with Gasteiger partial charge >= 0.3 is 5.97 Å². The Bertz CT molecular complexity index is 634. The normalized spacial score (nSPS) is 12.3. The zero-order chi connectivity index (χ0) is 16.9. The molecule has 0 aliphatic rings. The molecule has 23 heavy (non-hydrogen) atoms. The summed E-state index contributed by atoms with van der Waals surface area (Å²) in [6.07, 6.45) is 0. The molecular formula is C19H20BNO2. The standard InChI is InChI=1S/C19H20BNO2/c1-19(2,3)23-18(22)17(20)21-16(14-10-6-4-7-11-14)15-12-8-5-9-13-15/h4-13,17H,1-3H3/t17-/m0/s1. The number of hydrogen-bond acceptors (Lipinski definition) is 3. The average molecular weight is 305 g/mol. The van der Waals surface area contributed by atoms with Crippen molar-refractivity contribution in [1.82, 2.24) is 0 Å². The van der Waals surface area contributed by atoms with Crippen molar-refractivity contribution < 1.29 is 9.53 Å². The number of hydrogen-bond donors (Lipinski definition) is 0. The van der Waals surface area contributed by atoms with E-state index in [-0.39, 0.29) is 0 Å². The second kappa shape index (κ2) is 7.27. The minimum Gasteiger partial charge on any atom is -0.459 e. The Kier molecular flexibility index (Phi) is 5.38. The van der Waals surface area contributed by atoms with E-state index < -0.39 is 17.5 Å². The number of carbonyl (C=O) groups is 1. The predicted octanol–water partition coefficient (Wildman–Crippen LogP) is 3.36. The minimum atomic E-state index is -1.07. The summed E-state index contributed by atoms with van der Waals surface area (Å²) in [6, 6.07) is 19.3. The van der Waals surface area contributed by atoms with Gasteiger partial charge in [0.25, 0.3) is 0 Å². The second-order valence-corrected chi connectivity index (χ2v) is 6.19. The van der Waals surface area contributed by atoms with Gasteiger partial charge < -0.3 is 4.74 Å². The molecule has 0 spiro atoms. The highest BCUT2D eigenvalue weighted by molar-refractivity contribution is 6.25. The Morgan fingerprint density at radius 2 is 1.39 bits per heavy atom. The van der Waals surface area contributed by atoms with E-state index in [4.69, 9.17) is 12.6 Å². The summed E-state index contributed by atoms with van der Waals surface area (Å²) < 4.78 is 5.30. The van der Waals surface area contributed by atoms with E-state index >= 15 is 0 Å². The van der Waals surface area contributed by atoms with Gasteiger partial charge in [-0.2, -0.15) is 0 Å². The molecule has 0 fully saturated rings. The van der Waals surface area contributed by atoms with E-state index in [2.05, 4.69) is 4.99 Å². The van der Waals surface area contributed by atoms with Gasteiger partial charge in [-0.1, -0.05) is 60.7 Å². The van der Waals surface area contributed by atoms with Crippen LogP contribution in [-0.2, 0) is 9.53 Å². The Morgan fingerprint density at radius 1 is 0.957 bits per heavy atom. The monoisotopic (exact) mass is 305 g/mol. The van der Waals surface area contributed by atoms with Crippen LogP contribution >= 0.6 is 0 Å². The molecule has 0 saturated heterocycles. The lowest BCUT2D eigenvalue weighted by molar-refractivity contribution is -0.154. The lowest BCUT2D eigenvalue weighted by Gasteiger charge is -2.21. The van der Waals surface area contributed by atoms with Gasteiger partial charge in [0.05, 0.1) is 5.71 Å². The van der Waals surface area contributed by atoms with Gasteiger partial charge in [-0.05, 0) is 20.8 Å². The second-order valence-electron chi connectivity index (χ2n) is 6.19. The molecule has 0 aromatic heterocycles. The van der Waals surface area contributed by atoms with E-state index in [0.717, 1.165) is 11.1 Å². The molecule has 0 aliphatic carbocycles. The quantitative estimate of drug-likeness (QED) is 0.493. The fraction of sp³-hybridized carbons (Fsp3) is 0.263. The molecule has 2 rings (SSSR count). The van der Waals surface area contributed by atoms with Crippen LogP contribution in [0.25, 0.3) is 0 Å². The van der Waals surface area contributed by atoms with Gasteiger partial charge in [0.1, 0.15) is 19.4 Å². The van der Waals surface area contributed by atoms with Gasteiger partial charge in [0, 0.05) is 11.1 Å². The van der Waals surface area contributed by atoms with Crippen molar-refractivity contribution in [3.05, 3.63) is 71.8 Å². The maximum atomic E-state index is 12.1. The number of esters is 1. The first-order valence-corrected chi connectivity index (χ1v) is 7.54. The van der Waals surface area contributed by atoms with Crippen molar-refractivity contribution in [1.29, 1.82) is 0 Å². The lowest BCUT2D eigenvalue weighted by Crippen LogP contribution is -2.32. The van der Waals surface area contributed by atoms with Crippen LogP contribution in [0.3, 0.4) is 0 Å². The van der Waals surface area contributed by atoms with Crippen LogP contribution in [0.1, 0.15) is 31.9 Å². The maximum Gasteiger partial charge on any atom is 0.321 e. The maximum absolute atomic E-state index is 12.1. The summed E-state index contributed by atoms with van der Waals surface area (Å²) in [4.78, 5) is 16.5. The van der Waals surface area contributed by atoms with Crippen molar-refractivity contribution >= 4 is 19.5 Å². The first-order chi connectivity index (χ1) is 10.9. The number of aliphatic imine (C=N–C) groups is 1. The van der Waals surface area contributed by atoms with E-state index in [0.29, 0.717) is 5.71 Å². The third-order valence-electron chi connectivity index (χ3n) is 3.01. The Labute approximate surface area is 138 Å². The zero-order valence-corrected chi connectivity index (χ0v) is 13.7. The molecule has 2 aromatic carbocycles. The predicted molar refractivity (Wildman–Crippen MR) is 93.9 cm³/mol. The van der Waals surface area contributed by atoms with Crippen LogP contribution in [0.4, 0.5) is 0 Å². The first-order valence-electron chi connectivity index (χ1n) is 7.54. The van der Waals surface area contributed by atoms with Crippen LogP contribution in [0.5, 0.6) is 0 Å². The molecule has 0 N–H and O–H groups in total. The number of rotatable bonds is 4. The van der Waals surface area contributed by atoms with E-state index in [9.17, 15) is 4.79 Å². The Hall–Kier alpha value is -2.36. The zero-order valence-electron chi connectivity index (χ0n) is 13.7. The average Bonchev–Trinajstić information content (AvgIpc) is 2.52. The SMILES string of the molecule is [B][C@@H](N=C(c1ccccc1)c1ccccc1)C(=O)OC(C)(C)C. The summed E-state index contributed by atoms with van der Waals surface area (Å²) in [5, 5.41) is 0. The molecule has 0 unspecified atom stereocenters. The summed E-state index contributed by atoms with van der Waals surface area (Å²) >= 11 is 0. The highest BCUT2D eigenvalue weighted by Crippen LogP contribution is 2.14. The molecule has 0 aliphatic heterocycles. The van der Waals surface area contributed by atoms with Crippen LogP contribution < -0.4 is 0 Å². The van der Waals surface area contributed by atoms with Gasteiger partial charge in [-0.25, -0.2) is 0 Å². The molecule has 0 amide bonds. The topological polar surface area (TPSA) is 38.7 Å². The molecule has 0 saturated carbocycles. The highest BCUT2D eigenvalue weighted by atomic mass is 16.6. The molecule has 0 bridgehead atoms. The van der Waals surface area contributed by atoms with Crippen molar-refractivity contribution in [3.8, 4) is 0 Å². The number of ether oxygens (including phenoxy) is 1. The molecule has 116 valence electrons. The van der Waals surface area contributed by atoms with E-state index in [1.807, 2.05) is 60.7 Å². The fourth-order valence-corrected chi connectivity index (χ4v) is 2.06. The van der Waals surface area contributed by atoms with Gasteiger partial charge in [-0.3, -0.25) is 9.79 Å². The summed E-state index contributed by atoms with van der Waals surface area (Å²) in [6.45, 7) is 5.41. The Morgan fingerprint density at radius 3 is 1.78 bits per heavy atom. The highest BCUT2D eigenvalue weighted by Gasteiger charge is 2.21. The molecule has 4 heteroatoms. The van der Waals surface area contributed by atoms with E-state index in [1.165, 1.54) is 0 Å². The molecule has 2 aromatic rings. The number of benzene rings is 2. The minimum absolute atomic E-state index is 0.540. The van der Waals surface area contributed by atoms with Gasteiger partial charge in [0.2, 0.25) is 0 Å². The molecule has 2 radical (unpaired) electrons. The summed E-state index contributed by atoms with van der Waals surface area (Å²) in [5.74, 6) is -1.61. The first kappa shape index (κ1) is 17.0. The molecule has 1 atom stereocenters. The van der Waals surface area contributed by atoms with Crippen LogP contribution in [0, 0.1) is 0 Å². The fourth-order valence-electron chi connectivity index (χ4n) is 2.06. The van der Waals surface area contributed by atoms with Crippen molar-refractivity contribution in [2.24, 2.45) is 4.99 Å². The third-order valence-corrected chi connectivity index (χ3v) is 3.01. The van der Waals surface area contributed by atoms with Crippen LogP contribution in [-0.4, -0.2) is 31.1 Å². The van der Waals surface area contributed by atoms with Crippen LogP contribution in [0.15, 0.2) is 65.7 Å².